The molecule has 0 amide bonds. The number of thiazole rings is 1. The Morgan fingerprint density at radius 1 is 1.00 bits per heavy atom. The third kappa shape index (κ3) is 4.59. The van der Waals surface area contributed by atoms with Gasteiger partial charge in [0.25, 0.3) is 0 Å². The summed E-state index contributed by atoms with van der Waals surface area (Å²) in [7, 11) is 0. The molecule has 0 fully saturated rings. The van der Waals surface area contributed by atoms with E-state index in [1.165, 1.54) is 16.0 Å². The number of hydrogen-bond donors (Lipinski definition) is 0. The third-order valence-electron chi connectivity index (χ3n) is 3.37. The Kier molecular flexibility index (Phi) is 6.32. The van der Waals surface area contributed by atoms with E-state index in [1.807, 2.05) is 6.20 Å². The average Bonchev–Trinajstić information content (AvgIpc) is 3.23. The van der Waals surface area contributed by atoms with Gasteiger partial charge in [0.15, 0.2) is 8.68 Å². The lowest BCUT2D eigenvalue weighted by atomic mass is 10.0. The van der Waals surface area contributed by atoms with E-state index < -0.39 is 0 Å². The van der Waals surface area contributed by atoms with E-state index in [0.29, 0.717) is 5.92 Å². The van der Waals surface area contributed by atoms with Gasteiger partial charge in [-0.25, -0.2) is 4.98 Å². The van der Waals surface area contributed by atoms with Crippen molar-refractivity contribution in [3.8, 4) is 10.6 Å². The van der Waals surface area contributed by atoms with Crippen molar-refractivity contribution >= 4 is 46.2 Å². The van der Waals surface area contributed by atoms with Crippen LogP contribution in [0.2, 0.25) is 0 Å². The maximum Gasteiger partial charge on any atom is 0.175 e. The highest BCUT2D eigenvalue weighted by atomic mass is 32.2. The summed E-state index contributed by atoms with van der Waals surface area (Å²) in [5.74, 6) is 2.49. The molecule has 24 heavy (non-hydrogen) atoms. The van der Waals surface area contributed by atoms with Gasteiger partial charge < -0.3 is 0 Å². The maximum absolute atomic E-state index is 4.58. The first kappa shape index (κ1) is 17.9. The zero-order valence-electron chi connectivity index (χ0n) is 13.9. The summed E-state index contributed by atoms with van der Waals surface area (Å²) < 4.78 is 2.08. The van der Waals surface area contributed by atoms with E-state index in [0.717, 1.165) is 25.2 Å². The van der Waals surface area contributed by atoms with Crippen LogP contribution in [0.3, 0.4) is 0 Å². The molecule has 3 aromatic rings. The number of rotatable bonds is 7. The lowest BCUT2D eigenvalue weighted by molar-refractivity contribution is 0.867. The summed E-state index contributed by atoms with van der Waals surface area (Å²) in [4.78, 5) is 5.84. The molecule has 0 unspecified atom stereocenters. The predicted octanol–water partition coefficient (Wildman–Crippen LogP) is 6.19. The minimum atomic E-state index is 0.560. The average molecular weight is 394 g/mol. The van der Waals surface area contributed by atoms with Crippen molar-refractivity contribution in [1.82, 2.24) is 15.2 Å². The highest BCUT2D eigenvalue weighted by Crippen LogP contribution is 2.33. The Bertz CT molecular complexity index is 777. The third-order valence-corrected chi connectivity index (χ3v) is 7.72. The highest BCUT2D eigenvalue weighted by Gasteiger charge is 2.09. The molecule has 0 aliphatic rings. The van der Waals surface area contributed by atoms with Crippen LogP contribution in [-0.4, -0.2) is 20.9 Å². The van der Waals surface area contributed by atoms with Gasteiger partial charge in [-0.15, -0.1) is 21.5 Å². The number of hydrogen-bond acceptors (Lipinski definition) is 7. The second-order valence-corrected chi connectivity index (χ2v) is 10.3. The van der Waals surface area contributed by atoms with Crippen molar-refractivity contribution in [2.45, 2.75) is 41.1 Å². The van der Waals surface area contributed by atoms with Crippen molar-refractivity contribution in [1.29, 1.82) is 0 Å². The lowest BCUT2D eigenvalue weighted by Crippen LogP contribution is -1.86. The molecule has 0 bridgehead atoms. The molecule has 0 aliphatic heterocycles. The van der Waals surface area contributed by atoms with Crippen molar-refractivity contribution in [3.05, 3.63) is 40.9 Å². The normalized spacial score (nSPS) is 11.3. The second-order valence-electron chi connectivity index (χ2n) is 5.46. The molecule has 2 heterocycles. The van der Waals surface area contributed by atoms with Gasteiger partial charge in [-0.2, -0.15) is 0 Å². The molecule has 0 spiro atoms. The quantitative estimate of drug-likeness (QED) is 0.448. The smallest absolute Gasteiger partial charge is 0.175 e. The molecular formula is C17H19N3S4. The first-order valence-corrected chi connectivity index (χ1v) is 11.4. The van der Waals surface area contributed by atoms with E-state index in [4.69, 9.17) is 0 Å². The number of thioether (sulfide) groups is 2. The monoisotopic (exact) mass is 393 g/mol. The zero-order chi connectivity index (χ0) is 16.9. The van der Waals surface area contributed by atoms with E-state index in [-0.39, 0.29) is 0 Å². The Labute approximate surface area is 159 Å². The van der Waals surface area contributed by atoms with E-state index in [2.05, 4.69) is 60.2 Å². The van der Waals surface area contributed by atoms with Gasteiger partial charge in [0.05, 0.1) is 0 Å². The fourth-order valence-electron chi connectivity index (χ4n) is 2.09. The molecule has 126 valence electrons. The molecule has 0 aliphatic carbocycles. The minimum absolute atomic E-state index is 0.560. The molecule has 0 N–H and O–H groups in total. The van der Waals surface area contributed by atoms with Crippen molar-refractivity contribution < 1.29 is 0 Å². The predicted molar refractivity (Wildman–Crippen MR) is 108 cm³/mol. The molecule has 0 atom stereocenters. The zero-order valence-corrected chi connectivity index (χ0v) is 17.1. The van der Waals surface area contributed by atoms with Crippen LogP contribution in [0.15, 0.2) is 39.1 Å². The first-order valence-electron chi connectivity index (χ1n) is 7.80. The van der Waals surface area contributed by atoms with Gasteiger partial charge >= 0.3 is 0 Å². The van der Waals surface area contributed by atoms with Crippen molar-refractivity contribution in [2.75, 3.05) is 5.75 Å². The SMILES string of the molecule is CCSc1nnc(SCc2cnc(-c3ccc(C(C)C)cc3)s2)s1. The van der Waals surface area contributed by atoms with E-state index in [1.54, 1.807) is 46.2 Å². The van der Waals surface area contributed by atoms with Gasteiger partial charge in [0, 0.05) is 22.4 Å². The summed E-state index contributed by atoms with van der Waals surface area (Å²) in [5.41, 5.74) is 2.56. The number of aromatic nitrogens is 3. The van der Waals surface area contributed by atoms with Gasteiger partial charge in [0.2, 0.25) is 0 Å². The Balaban J connectivity index is 1.62. The van der Waals surface area contributed by atoms with Crippen molar-refractivity contribution in [2.24, 2.45) is 0 Å². The molecular weight excluding hydrogens is 374 g/mol. The van der Waals surface area contributed by atoms with Crippen LogP contribution in [-0.2, 0) is 5.75 Å². The van der Waals surface area contributed by atoms with E-state index in [9.17, 15) is 0 Å². The van der Waals surface area contributed by atoms with Crippen LogP contribution in [0.25, 0.3) is 10.6 Å². The van der Waals surface area contributed by atoms with Gasteiger partial charge in [-0.05, 0) is 17.2 Å². The standard InChI is InChI=1S/C17H19N3S4/c1-4-21-16-19-20-17(24-16)22-10-14-9-18-15(23-14)13-7-5-12(6-8-13)11(2)3/h5-9,11H,4,10H2,1-3H3. The molecule has 3 nitrogen and oxygen atoms in total. The summed E-state index contributed by atoms with van der Waals surface area (Å²) in [6, 6.07) is 8.74. The summed E-state index contributed by atoms with van der Waals surface area (Å²) in [6.45, 7) is 6.56. The van der Waals surface area contributed by atoms with E-state index >= 15 is 0 Å². The molecule has 0 saturated heterocycles. The second kappa shape index (κ2) is 8.47. The fourth-order valence-corrected chi connectivity index (χ4v) is 5.94. The Hall–Kier alpha value is -0.890. The van der Waals surface area contributed by atoms with Crippen LogP contribution in [0.4, 0.5) is 0 Å². The van der Waals surface area contributed by atoms with Crippen LogP contribution in [0.5, 0.6) is 0 Å². The van der Waals surface area contributed by atoms with Gasteiger partial charge in [-0.1, -0.05) is 79.9 Å². The van der Waals surface area contributed by atoms with Crippen LogP contribution >= 0.6 is 46.2 Å². The number of nitrogens with zero attached hydrogens (tertiary/aromatic N) is 3. The molecule has 0 saturated carbocycles. The first-order chi connectivity index (χ1) is 11.7. The lowest BCUT2D eigenvalue weighted by Gasteiger charge is -2.05. The largest absolute Gasteiger partial charge is 0.244 e. The van der Waals surface area contributed by atoms with Crippen molar-refractivity contribution in [3.63, 3.8) is 0 Å². The molecule has 0 radical (unpaired) electrons. The topological polar surface area (TPSA) is 38.7 Å². The summed E-state index contributed by atoms with van der Waals surface area (Å²) >= 11 is 6.91. The Morgan fingerprint density at radius 2 is 1.71 bits per heavy atom. The van der Waals surface area contributed by atoms with Gasteiger partial charge in [0.1, 0.15) is 5.01 Å². The molecule has 7 heteroatoms. The summed E-state index contributed by atoms with van der Waals surface area (Å²) in [6.07, 6.45) is 1.98. The maximum atomic E-state index is 4.58. The fraction of sp³-hybridized carbons (Fsp3) is 0.353. The minimum Gasteiger partial charge on any atom is -0.244 e. The van der Waals surface area contributed by atoms with Crippen LogP contribution < -0.4 is 0 Å². The highest BCUT2D eigenvalue weighted by molar-refractivity contribution is 8.02. The van der Waals surface area contributed by atoms with Gasteiger partial charge in [-0.3, -0.25) is 0 Å². The number of benzene rings is 1. The summed E-state index contributed by atoms with van der Waals surface area (Å²) in [5, 5.41) is 9.51. The molecule has 2 aromatic heterocycles. The molecule has 1 aromatic carbocycles. The van der Waals surface area contributed by atoms with Crippen LogP contribution in [0.1, 0.15) is 37.1 Å². The van der Waals surface area contributed by atoms with Crippen LogP contribution in [0, 0.1) is 0 Å². The molecule has 3 rings (SSSR count). The Morgan fingerprint density at radius 3 is 2.38 bits per heavy atom.